The largest absolute Gasteiger partial charge is 0.395 e. The van der Waals surface area contributed by atoms with Crippen LogP contribution in [0.4, 0.5) is 10.1 Å². The van der Waals surface area contributed by atoms with Gasteiger partial charge in [-0.1, -0.05) is 11.8 Å². The van der Waals surface area contributed by atoms with E-state index in [0.717, 1.165) is 6.07 Å². The van der Waals surface area contributed by atoms with Gasteiger partial charge >= 0.3 is 0 Å². The maximum Gasteiger partial charge on any atom is 0.248 e. The maximum absolute atomic E-state index is 13.5. The van der Waals surface area contributed by atoms with Gasteiger partial charge in [-0.2, -0.15) is 5.26 Å². The van der Waals surface area contributed by atoms with Crippen LogP contribution < -0.4 is 4.72 Å². The van der Waals surface area contributed by atoms with Gasteiger partial charge in [0.25, 0.3) is 0 Å². The molecule has 5 nitrogen and oxygen atoms in total. The van der Waals surface area contributed by atoms with E-state index < -0.39 is 21.1 Å². The van der Waals surface area contributed by atoms with Crippen molar-refractivity contribution in [3.63, 3.8) is 0 Å². The molecule has 0 aliphatic heterocycles. The molecular weight excluding hydrogens is 283 g/mol. The van der Waals surface area contributed by atoms with E-state index in [1.165, 1.54) is 19.1 Å². The van der Waals surface area contributed by atoms with Crippen LogP contribution >= 0.6 is 0 Å². The summed E-state index contributed by atoms with van der Waals surface area (Å²) in [6.45, 7) is 1.11. The molecular formula is C13H13FN2O3S. The molecule has 1 rings (SSSR count). The molecule has 0 heterocycles. The zero-order valence-electron chi connectivity index (χ0n) is 10.7. The van der Waals surface area contributed by atoms with E-state index in [9.17, 15) is 12.8 Å². The number of nitrogens with one attached hydrogen (secondary N) is 1. The van der Waals surface area contributed by atoms with E-state index in [2.05, 4.69) is 16.6 Å². The Kier molecular flexibility index (Phi) is 5.51. The number of aliphatic hydroxyl groups is 1. The standard InChI is InChI=1S/C13H13FN2O3S/c1-10(9-15)20(18,19)16-12-5-6-13(14)11(8-12)4-2-3-7-17/h5-6,8,10,16-17H,3,7H2,1H3. The minimum Gasteiger partial charge on any atom is -0.395 e. The van der Waals surface area contributed by atoms with Gasteiger partial charge in [0.15, 0.2) is 5.25 Å². The molecule has 0 saturated carbocycles. The second kappa shape index (κ2) is 6.90. The van der Waals surface area contributed by atoms with Crippen molar-refractivity contribution in [2.45, 2.75) is 18.6 Å². The van der Waals surface area contributed by atoms with E-state index in [-0.39, 0.29) is 24.3 Å². The molecule has 0 amide bonds. The molecule has 106 valence electrons. The third-order valence-corrected chi connectivity index (χ3v) is 3.89. The van der Waals surface area contributed by atoms with E-state index in [0.29, 0.717) is 0 Å². The van der Waals surface area contributed by atoms with Crippen LogP contribution in [0, 0.1) is 29.0 Å². The lowest BCUT2D eigenvalue weighted by Crippen LogP contribution is -2.23. The Labute approximate surface area is 117 Å². The fourth-order valence-corrected chi connectivity index (χ4v) is 1.99. The van der Waals surface area contributed by atoms with Crippen molar-refractivity contribution in [1.82, 2.24) is 0 Å². The third-order valence-electron chi connectivity index (χ3n) is 2.33. The Morgan fingerprint density at radius 2 is 2.20 bits per heavy atom. The van der Waals surface area contributed by atoms with Crippen molar-refractivity contribution >= 4 is 15.7 Å². The molecule has 0 spiro atoms. The van der Waals surface area contributed by atoms with Crippen LogP contribution in [-0.4, -0.2) is 25.4 Å². The number of rotatable bonds is 4. The quantitative estimate of drug-likeness (QED) is 0.817. The van der Waals surface area contributed by atoms with E-state index in [1.807, 2.05) is 0 Å². The number of sulfonamides is 1. The lowest BCUT2D eigenvalue weighted by Gasteiger charge is -2.09. The number of nitriles is 1. The minimum atomic E-state index is -3.84. The summed E-state index contributed by atoms with van der Waals surface area (Å²) in [6.07, 6.45) is 0.195. The van der Waals surface area contributed by atoms with Gasteiger partial charge in [0.1, 0.15) is 5.82 Å². The van der Waals surface area contributed by atoms with Crippen molar-refractivity contribution in [2.75, 3.05) is 11.3 Å². The Morgan fingerprint density at radius 1 is 1.50 bits per heavy atom. The summed E-state index contributed by atoms with van der Waals surface area (Å²) >= 11 is 0. The highest BCUT2D eigenvalue weighted by Gasteiger charge is 2.20. The van der Waals surface area contributed by atoms with Crippen LogP contribution in [0.25, 0.3) is 0 Å². The highest BCUT2D eigenvalue weighted by atomic mass is 32.2. The number of halogens is 1. The summed E-state index contributed by atoms with van der Waals surface area (Å²) in [5.41, 5.74) is 0.144. The van der Waals surface area contributed by atoms with Crippen LogP contribution in [0.1, 0.15) is 18.9 Å². The zero-order valence-corrected chi connectivity index (χ0v) is 11.5. The smallest absolute Gasteiger partial charge is 0.248 e. The Hall–Kier alpha value is -2.09. The highest BCUT2D eigenvalue weighted by molar-refractivity contribution is 7.93. The van der Waals surface area contributed by atoms with Crippen molar-refractivity contribution < 1.29 is 17.9 Å². The van der Waals surface area contributed by atoms with Gasteiger partial charge in [-0.3, -0.25) is 4.72 Å². The summed E-state index contributed by atoms with van der Waals surface area (Å²) < 4.78 is 39.0. The van der Waals surface area contributed by atoms with Crippen molar-refractivity contribution in [3.05, 3.63) is 29.6 Å². The number of aliphatic hydroxyl groups excluding tert-OH is 1. The van der Waals surface area contributed by atoms with Gasteiger partial charge in [0, 0.05) is 12.1 Å². The number of nitrogens with zero attached hydrogens (tertiary/aromatic N) is 1. The maximum atomic E-state index is 13.5. The van der Waals surface area contributed by atoms with Crippen molar-refractivity contribution in [3.8, 4) is 17.9 Å². The average Bonchev–Trinajstić information content (AvgIpc) is 2.41. The van der Waals surface area contributed by atoms with Crippen LogP contribution in [-0.2, 0) is 10.0 Å². The first-order valence-corrected chi connectivity index (χ1v) is 7.26. The fourth-order valence-electron chi connectivity index (χ4n) is 1.22. The molecule has 0 aliphatic carbocycles. The predicted octanol–water partition coefficient (Wildman–Crippen LogP) is 1.21. The molecule has 1 unspecified atom stereocenters. The molecule has 0 saturated heterocycles. The Morgan fingerprint density at radius 3 is 2.80 bits per heavy atom. The zero-order chi connectivity index (χ0) is 15.2. The molecule has 0 bridgehead atoms. The Balaban J connectivity index is 3.03. The first kappa shape index (κ1) is 16.0. The van der Waals surface area contributed by atoms with E-state index in [1.54, 1.807) is 6.07 Å². The molecule has 1 aromatic carbocycles. The summed E-state index contributed by atoms with van der Waals surface area (Å²) in [6, 6.07) is 5.18. The van der Waals surface area contributed by atoms with E-state index in [4.69, 9.17) is 10.4 Å². The van der Waals surface area contributed by atoms with Gasteiger partial charge in [-0.15, -0.1) is 0 Å². The normalized spacial score (nSPS) is 11.9. The van der Waals surface area contributed by atoms with Crippen molar-refractivity contribution in [1.29, 1.82) is 5.26 Å². The van der Waals surface area contributed by atoms with E-state index >= 15 is 0 Å². The fraction of sp³-hybridized carbons (Fsp3) is 0.308. The van der Waals surface area contributed by atoms with Crippen LogP contribution in [0.15, 0.2) is 18.2 Å². The molecule has 0 fully saturated rings. The molecule has 20 heavy (non-hydrogen) atoms. The topological polar surface area (TPSA) is 90.2 Å². The molecule has 1 aromatic rings. The summed E-state index contributed by atoms with van der Waals surface area (Å²) in [5.74, 6) is 4.45. The number of benzene rings is 1. The monoisotopic (exact) mass is 296 g/mol. The van der Waals surface area contributed by atoms with Gasteiger partial charge in [-0.25, -0.2) is 12.8 Å². The van der Waals surface area contributed by atoms with Crippen LogP contribution in [0.5, 0.6) is 0 Å². The predicted molar refractivity (Wildman–Crippen MR) is 72.6 cm³/mol. The lowest BCUT2D eigenvalue weighted by molar-refractivity contribution is 0.305. The summed E-state index contributed by atoms with van der Waals surface area (Å²) in [7, 11) is -3.84. The first-order chi connectivity index (χ1) is 9.40. The number of anilines is 1. The second-order valence-corrected chi connectivity index (χ2v) is 5.89. The van der Waals surface area contributed by atoms with Gasteiger partial charge < -0.3 is 5.11 Å². The molecule has 2 N–H and O–H groups in total. The van der Waals surface area contributed by atoms with Crippen LogP contribution in [0.3, 0.4) is 0 Å². The molecule has 0 aliphatic rings. The number of hydrogen-bond donors (Lipinski definition) is 2. The van der Waals surface area contributed by atoms with Crippen LogP contribution in [0.2, 0.25) is 0 Å². The summed E-state index contributed by atoms with van der Waals surface area (Å²) in [5, 5.41) is 16.0. The SMILES string of the molecule is CC(C#N)S(=O)(=O)Nc1ccc(F)c(C#CCCO)c1. The number of hydrogen-bond acceptors (Lipinski definition) is 4. The first-order valence-electron chi connectivity index (χ1n) is 5.71. The lowest BCUT2D eigenvalue weighted by atomic mass is 10.2. The third kappa shape index (κ3) is 4.23. The molecule has 0 radical (unpaired) electrons. The van der Waals surface area contributed by atoms with Gasteiger partial charge in [-0.05, 0) is 25.1 Å². The van der Waals surface area contributed by atoms with Gasteiger partial charge in [0.05, 0.1) is 18.2 Å². The molecule has 0 aromatic heterocycles. The minimum absolute atomic E-state index is 0.0169. The molecule has 1 atom stereocenters. The van der Waals surface area contributed by atoms with Gasteiger partial charge in [0.2, 0.25) is 10.0 Å². The van der Waals surface area contributed by atoms with Crippen molar-refractivity contribution in [2.24, 2.45) is 0 Å². The second-order valence-electron chi connectivity index (χ2n) is 3.89. The average molecular weight is 296 g/mol. The highest BCUT2D eigenvalue weighted by Crippen LogP contribution is 2.16. The Bertz CT molecular complexity index is 684. The summed E-state index contributed by atoms with van der Waals surface area (Å²) in [4.78, 5) is 0. The molecule has 7 heteroatoms.